The minimum Gasteiger partial charge on any atom is -0.493 e. The van der Waals surface area contributed by atoms with Gasteiger partial charge in [0.25, 0.3) is 5.91 Å². The van der Waals surface area contributed by atoms with Gasteiger partial charge >= 0.3 is 0 Å². The van der Waals surface area contributed by atoms with Gasteiger partial charge in [0.2, 0.25) is 5.88 Å². The van der Waals surface area contributed by atoms with E-state index in [0.717, 1.165) is 22.0 Å². The molecule has 7 nitrogen and oxygen atoms in total. The number of ether oxygens (including phenoxy) is 2. The smallest absolute Gasteiger partial charge is 0.254 e. The molecule has 4 rings (SSSR count). The molecule has 32 heavy (non-hydrogen) atoms. The van der Waals surface area contributed by atoms with E-state index in [1.54, 1.807) is 61.8 Å². The summed E-state index contributed by atoms with van der Waals surface area (Å²) in [5.74, 6) is 0.489. The quantitative estimate of drug-likeness (QED) is 0.465. The standard InChI is InChI=1S/C24H23FN4O3/c1-4-32-21-11-16(8-9-19(21)15-6-5-7-18(25)10-15)24(30)29(2)14-17-12-26-23(31-3)20-13-27-28-22(17)20/h5-13H,4,14H2,1-3H3,(H,27,28). The molecule has 4 aromatic rings. The summed E-state index contributed by atoms with van der Waals surface area (Å²) in [5, 5.41) is 7.76. The molecule has 1 N–H and O–H groups in total. The molecule has 0 aliphatic rings. The second-order valence-electron chi connectivity index (χ2n) is 7.27. The van der Waals surface area contributed by atoms with Crippen LogP contribution in [0.25, 0.3) is 22.0 Å². The zero-order valence-electron chi connectivity index (χ0n) is 18.1. The Morgan fingerprint density at radius 2 is 2.03 bits per heavy atom. The number of hydrogen-bond acceptors (Lipinski definition) is 5. The Balaban J connectivity index is 1.61. The van der Waals surface area contributed by atoms with Crippen LogP contribution in [0.2, 0.25) is 0 Å². The van der Waals surface area contributed by atoms with Crippen molar-refractivity contribution in [1.82, 2.24) is 20.1 Å². The number of benzene rings is 2. The molecule has 2 aromatic carbocycles. The highest BCUT2D eigenvalue weighted by atomic mass is 19.1. The Labute approximate surface area is 184 Å². The van der Waals surface area contributed by atoms with Crippen LogP contribution >= 0.6 is 0 Å². The molecule has 2 heterocycles. The van der Waals surface area contributed by atoms with Crippen molar-refractivity contribution in [2.45, 2.75) is 13.5 Å². The minimum atomic E-state index is -0.331. The third kappa shape index (κ3) is 4.12. The van der Waals surface area contributed by atoms with Gasteiger partial charge in [-0.3, -0.25) is 9.89 Å². The molecule has 0 saturated heterocycles. The number of nitrogens with zero attached hydrogens (tertiary/aromatic N) is 3. The Kier molecular flexibility index (Phi) is 6.02. The summed E-state index contributed by atoms with van der Waals surface area (Å²) in [6.45, 7) is 2.61. The van der Waals surface area contributed by atoms with E-state index in [0.29, 0.717) is 35.9 Å². The normalized spacial score (nSPS) is 10.9. The maximum absolute atomic E-state index is 13.7. The summed E-state index contributed by atoms with van der Waals surface area (Å²) >= 11 is 0. The first kappa shape index (κ1) is 21.3. The predicted octanol–water partition coefficient (Wildman–Crippen LogP) is 4.44. The van der Waals surface area contributed by atoms with Crippen LogP contribution in [0.15, 0.2) is 54.9 Å². The number of methoxy groups -OCH3 is 1. The summed E-state index contributed by atoms with van der Waals surface area (Å²) in [6.07, 6.45) is 3.31. The van der Waals surface area contributed by atoms with E-state index in [2.05, 4.69) is 15.2 Å². The van der Waals surface area contributed by atoms with Crippen LogP contribution in [0.4, 0.5) is 4.39 Å². The lowest BCUT2D eigenvalue weighted by Crippen LogP contribution is -2.26. The fraction of sp³-hybridized carbons (Fsp3) is 0.208. The summed E-state index contributed by atoms with van der Waals surface area (Å²) in [4.78, 5) is 19.0. The monoisotopic (exact) mass is 434 g/mol. The van der Waals surface area contributed by atoms with Gasteiger partial charge < -0.3 is 14.4 Å². The highest BCUT2D eigenvalue weighted by Crippen LogP contribution is 2.32. The number of aromatic nitrogens is 3. The molecule has 2 aromatic heterocycles. The molecule has 164 valence electrons. The van der Waals surface area contributed by atoms with Crippen LogP contribution in [0.1, 0.15) is 22.8 Å². The van der Waals surface area contributed by atoms with Gasteiger partial charge in [-0.05, 0) is 42.8 Å². The average Bonchev–Trinajstić information content (AvgIpc) is 3.29. The molecule has 1 amide bonds. The minimum absolute atomic E-state index is 0.180. The molecule has 0 fully saturated rings. The molecular weight excluding hydrogens is 411 g/mol. The maximum Gasteiger partial charge on any atom is 0.254 e. The number of fused-ring (bicyclic) bond motifs is 1. The molecule has 0 aliphatic heterocycles. The van der Waals surface area contributed by atoms with Crippen molar-refractivity contribution in [3.63, 3.8) is 0 Å². The number of pyridine rings is 1. The topological polar surface area (TPSA) is 80.3 Å². The fourth-order valence-electron chi connectivity index (χ4n) is 3.62. The van der Waals surface area contributed by atoms with E-state index >= 15 is 0 Å². The van der Waals surface area contributed by atoms with Crippen LogP contribution in [0, 0.1) is 5.82 Å². The number of halogens is 1. The summed E-state index contributed by atoms with van der Waals surface area (Å²) < 4.78 is 24.7. The Morgan fingerprint density at radius 3 is 2.78 bits per heavy atom. The third-order valence-electron chi connectivity index (χ3n) is 5.14. The number of nitrogens with one attached hydrogen (secondary N) is 1. The molecule has 8 heteroatoms. The number of carbonyl (C=O) groups excluding carboxylic acids is 1. The SMILES string of the molecule is CCOc1cc(C(=O)N(C)Cc2cnc(OC)c3cn[nH]c23)ccc1-c1cccc(F)c1. The van der Waals surface area contributed by atoms with Crippen molar-refractivity contribution in [2.24, 2.45) is 0 Å². The zero-order chi connectivity index (χ0) is 22.7. The lowest BCUT2D eigenvalue weighted by Gasteiger charge is -2.19. The molecule has 0 spiro atoms. The third-order valence-corrected chi connectivity index (χ3v) is 5.14. The number of amides is 1. The van der Waals surface area contributed by atoms with E-state index in [9.17, 15) is 9.18 Å². The van der Waals surface area contributed by atoms with Crippen LogP contribution in [-0.2, 0) is 6.54 Å². The number of hydrogen-bond donors (Lipinski definition) is 1. The predicted molar refractivity (Wildman–Crippen MR) is 119 cm³/mol. The van der Waals surface area contributed by atoms with Crippen molar-refractivity contribution in [3.05, 3.63) is 71.8 Å². The van der Waals surface area contributed by atoms with E-state index in [-0.39, 0.29) is 11.7 Å². The van der Waals surface area contributed by atoms with E-state index in [1.165, 1.54) is 12.1 Å². The number of aromatic amines is 1. The van der Waals surface area contributed by atoms with Gasteiger partial charge in [-0.2, -0.15) is 5.10 Å². The van der Waals surface area contributed by atoms with E-state index in [1.807, 2.05) is 6.92 Å². The molecule has 0 atom stereocenters. The Morgan fingerprint density at radius 1 is 1.19 bits per heavy atom. The van der Waals surface area contributed by atoms with Gasteiger partial charge in [-0.15, -0.1) is 0 Å². The van der Waals surface area contributed by atoms with Crippen LogP contribution in [-0.4, -0.2) is 46.8 Å². The van der Waals surface area contributed by atoms with Gasteiger partial charge in [-0.1, -0.05) is 12.1 Å². The van der Waals surface area contributed by atoms with Crippen molar-refractivity contribution >= 4 is 16.8 Å². The van der Waals surface area contributed by atoms with Gasteiger partial charge in [0.15, 0.2) is 0 Å². The molecule has 0 saturated carbocycles. The van der Waals surface area contributed by atoms with Crippen LogP contribution in [0.3, 0.4) is 0 Å². The maximum atomic E-state index is 13.7. The Bertz CT molecular complexity index is 1270. The molecule has 0 unspecified atom stereocenters. The first-order valence-electron chi connectivity index (χ1n) is 10.1. The molecule has 0 bridgehead atoms. The second-order valence-corrected chi connectivity index (χ2v) is 7.27. The highest BCUT2D eigenvalue weighted by molar-refractivity contribution is 5.96. The van der Waals surface area contributed by atoms with Gasteiger partial charge in [0.1, 0.15) is 11.6 Å². The van der Waals surface area contributed by atoms with Crippen molar-refractivity contribution < 1.29 is 18.7 Å². The van der Waals surface area contributed by atoms with Crippen LogP contribution in [0.5, 0.6) is 11.6 Å². The van der Waals surface area contributed by atoms with Crippen molar-refractivity contribution in [2.75, 3.05) is 20.8 Å². The van der Waals surface area contributed by atoms with E-state index < -0.39 is 0 Å². The van der Waals surface area contributed by atoms with Crippen LogP contribution < -0.4 is 9.47 Å². The summed E-state index contributed by atoms with van der Waals surface area (Å²) in [6, 6.07) is 11.5. The van der Waals surface area contributed by atoms with Crippen molar-refractivity contribution in [3.8, 4) is 22.8 Å². The van der Waals surface area contributed by atoms with Gasteiger partial charge in [-0.25, -0.2) is 9.37 Å². The van der Waals surface area contributed by atoms with E-state index in [4.69, 9.17) is 9.47 Å². The van der Waals surface area contributed by atoms with Gasteiger partial charge in [0.05, 0.1) is 30.8 Å². The number of rotatable bonds is 7. The second kappa shape index (κ2) is 9.05. The average molecular weight is 434 g/mol. The molecular formula is C24H23FN4O3. The number of carbonyl (C=O) groups is 1. The molecule has 0 aliphatic carbocycles. The molecule has 0 radical (unpaired) electrons. The summed E-state index contributed by atoms with van der Waals surface area (Å²) in [5.41, 5.74) is 3.47. The number of H-pyrrole nitrogens is 1. The lowest BCUT2D eigenvalue weighted by atomic mass is 10.0. The first-order valence-corrected chi connectivity index (χ1v) is 10.1. The Hall–Kier alpha value is -3.94. The fourth-order valence-corrected chi connectivity index (χ4v) is 3.62. The largest absolute Gasteiger partial charge is 0.493 e. The lowest BCUT2D eigenvalue weighted by molar-refractivity contribution is 0.0785. The highest BCUT2D eigenvalue weighted by Gasteiger charge is 2.18. The van der Waals surface area contributed by atoms with Crippen molar-refractivity contribution in [1.29, 1.82) is 0 Å². The van der Waals surface area contributed by atoms with Gasteiger partial charge in [0, 0.05) is 36.5 Å². The summed E-state index contributed by atoms with van der Waals surface area (Å²) in [7, 11) is 3.27. The first-order chi connectivity index (χ1) is 15.5. The zero-order valence-corrected chi connectivity index (χ0v) is 18.1.